The number of nitrogens with zero attached hydrogens (tertiary/aromatic N) is 3. The summed E-state index contributed by atoms with van der Waals surface area (Å²) in [6.45, 7) is 7.46. The molecule has 0 aliphatic carbocycles. The molecule has 7 heteroatoms. The second-order valence-corrected chi connectivity index (χ2v) is 7.87. The van der Waals surface area contributed by atoms with E-state index in [1.165, 1.54) is 7.11 Å². The average molecular weight is 444 g/mol. The Kier molecular flexibility index (Phi) is 7.91. The van der Waals surface area contributed by atoms with Gasteiger partial charge in [-0.2, -0.15) is 0 Å². The van der Waals surface area contributed by atoms with Crippen molar-refractivity contribution in [1.29, 1.82) is 0 Å². The fourth-order valence-electron chi connectivity index (χ4n) is 3.57. The number of hydrogen-bond acceptors (Lipinski definition) is 5. The van der Waals surface area contributed by atoms with E-state index in [1.807, 2.05) is 29.7 Å². The number of imidazole rings is 1. The highest BCUT2D eigenvalue weighted by Crippen LogP contribution is 2.27. The molecule has 0 saturated carbocycles. The Bertz CT molecular complexity index is 1060. The lowest BCUT2D eigenvalue weighted by atomic mass is 10.1. The van der Waals surface area contributed by atoms with E-state index >= 15 is 0 Å². The number of aryl methyl sites for hydroxylation is 2. The van der Waals surface area contributed by atoms with Gasteiger partial charge in [-0.05, 0) is 42.2 Å². The van der Waals surface area contributed by atoms with Crippen LogP contribution >= 0.6 is 11.6 Å². The molecule has 2 heterocycles. The summed E-state index contributed by atoms with van der Waals surface area (Å²) in [5, 5.41) is 0.636. The molecule has 3 rings (SSSR count). The molecule has 31 heavy (non-hydrogen) atoms. The normalized spacial score (nSPS) is 11.1. The molecule has 6 nitrogen and oxygen atoms in total. The Morgan fingerprint density at radius 2 is 1.87 bits per heavy atom. The van der Waals surface area contributed by atoms with E-state index < -0.39 is 5.97 Å². The van der Waals surface area contributed by atoms with Crippen molar-refractivity contribution in [1.82, 2.24) is 14.5 Å². The smallest absolute Gasteiger partial charge is 0.356 e. The van der Waals surface area contributed by atoms with E-state index in [0.29, 0.717) is 23.8 Å². The molecular formula is C24H30ClN3O3. The standard InChI is InChI=1S/C24H30ClN3O3/c1-5-8-9-12-31-18-11-10-17(19(25)14-18)15-28-21(7-3)27-22-16(6-2)13-20(24(29)30-4)26-23(22)28/h10-11,13-14H,5-9,12,15H2,1-4H3. The molecule has 166 valence electrons. The van der Waals surface area contributed by atoms with Crippen LogP contribution < -0.4 is 4.74 Å². The molecule has 0 N–H and O–H groups in total. The van der Waals surface area contributed by atoms with Crippen LogP contribution in [0.2, 0.25) is 5.02 Å². The Hall–Kier alpha value is -2.60. The van der Waals surface area contributed by atoms with Crippen LogP contribution in [-0.2, 0) is 24.1 Å². The van der Waals surface area contributed by atoms with Gasteiger partial charge in [0, 0.05) is 11.4 Å². The first-order valence-electron chi connectivity index (χ1n) is 10.9. The number of methoxy groups -OCH3 is 1. The Morgan fingerprint density at radius 1 is 1.06 bits per heavy atom. The molecule has 2 aromatic heterocycles. The van der Waals surface area contributed by atoms with Gasteiger partial charge >= 0.3 is 5.97 Å². The fourth-order valence-corrected chi connectivity index (χ4v) is 3.80. The first-order valence-corrected chi connectivity index (χ1v) is 11.3. The third-order valence-corrected chi connectivity index (χ3v) is 5.67. The van der Waals surface area contributed by atoms with Gasteiger partial charge in [0.15, 0.2) is 11.3 Å². The summed E-state index contributed by atoms with van der Waals surface area (Å²) in [5.41, 5.74) is 3.70. The number of carbonyl (C=O) groups is 1. The summed E-state index contributed by atoms with van der Waals surface area (Å²) in [7, 11) is 1.36. The lowest BCUT2D eigenvalue weighted by molar-refractivity contribution is 0.0594. The van der Waals surface area contributed by atoms with E-state index in [0.717, 1.165) is 60.3 Å². The molecule has 3 aromatic rings. The molecule has 0 fully saturated rings. The van der Waals surface area contributed by atoms with Crippen LogP contribution in [0.4, 0.5) is 0 Å². The molecule has 0 saturated heterocycles. The molecule has 0 atom stereocenters. The number of halogens is 1. The summed E-state index contributed by atoms with van der Waals surface area (Å²) in [5.74, 6) is 1.22. The highest BCUT2D eigenvalue weighted by molar-refractivity contribution is 6.31. The Morgan fingerprint density at radius 3 is 2.52 bits per heavy atom. The zero-order valence-corrected chi connectivity index (χ0v) is 19.5. The van der Waals surface area contributed by atoms with Crippen LogP contribution in [0.25, 0.3) is 11.2 Å². The molecule has 1 aromatic carbocycles. The molecule has 0 amide bonds. The summed E-state index contributed by atoms with van der Waals surface area (Å²) in [6, 6.07) is 7.55. The van der Waals surface area contributed by atoms with E-state index in [4.69, 9.17) is 26.1 Å². The second kappa shape index (κ2) is 10.6. The van der Waals surface area contributed by atoms with E-state index in [-0.39, 0.29) is 5.69 Å². The van der Waals surface area contributed by atoms with Crippen LogP contribution in [0.5, 0.6) is 5.75 Å². The van der Waals surface area contributed by atoms with Gasteiger partial charge in [-0.15, -0.1) is 0 Å². The highest BCUT2D eigenvalue weighted by atomic mass is 35.5. The van der Waals surface area contributed by atoms with Gasteiger partial charge < -0.3 is 14.0 Å². The average Bonchev–Trinajstić information content (AvgIpc) is 3.14. The topological polar surface area (TPSA) is 66.2 Å². The maximum atomic E-state index is 12.1. The molecule has 0 radical (unpaired) electrons. The number of carbonyl (C=O) groups excluding carboxylic acids is 1. The first-order chi connectivity index (χ1) is 15.0. The summed E-state index contributed by atoms with van der Waals surface area (Å²) in [4.78, 5) is 21.5. The van der Waals surface area contributed by atoms with Crippen molar-refractivity contribution in [2.45, 2.75) is 59.4 Å². The van der Waals surface area contributed by atoms with Crippen molar-refractivity contribution >= 4 is 28.7 Å². The lowest BCUT2D eigenvalue weighted by Crippen LogP contribution is -2.09. The van der Waals surface area contributed by atoms with Crippen molar-refractivity contribution < 1.29 is 14.3 Å². The predicted octanol–water partition coefficient (Wildman–Crippen LogP) is 5.61. The first kappa shape index (κ1) is 23.1. The summed E-state index contributed by atoms with van der Waals surface area (Å²) >= 11 is 6.59. The second-order valence-electron chi connectivity index (χ2n) is 7.46. The lowest BCUT2D eigenvalue weighted by Gasteiger charge is -2.12. The fraction of sp³-hybridized carbons (Fsp3) is 0.458. The number of ether oxygens (including phenoxy) is 2. The van der Waals surface area contributed by atoms with Crippen molar-refractivity contribution in [2.75, 3.05) is 13.7 Å². The van der Waals surface area contributed by atoms with E-state index in [1.54, 1.807) is 6.07 Å². The predicted molar refractivity (Wildman–Crippen MR) is 123 cm³/mol. The van der Waals surface area contributed by atoms with Crippen molar-refractivity contribution in [3.05, 3.63) is 51.9 Å². The quantitative estimate of drug-likeness (QED) is 0.301. The number of benzene rings is 1. The number of aromatic nitrogens is 3. The third-order valence-electron chi connectivity index (χ3n) is 5.32. The van der Waals surface area contributed by atoms with Gasteiger partial charge in [-0.3, -0.25) is 0 Å². The maximum absolute atomic E-state index is 12.1. The molecule has 0 spiro atoms. The SMILES string of the molecule is CCCCCOc1ccc(Cn2c(CC)nc3c(CC)cc(C(=O)OC)nc32)c(Cl)c1. The molecule has 0 unspecified atom stereocenters. The third kappa shape index (κ3) is 5.18. The molecule has 0 aliphatic rings. The van der Waals surface area contributed by atoms with Crippen molar-refractivity contribution in [3.8, 4) is 5.75 Å². The molecule has 0 aliphatic heterocycles. The number of unbranched alkanes of at least 4 members (excludes halogenated alkanes) is 2. The van der Waals surface area contributed by atoms with Gasteiger partial charge in [-0.1, -0.05) is 51.3 Å². The number of esters is 1. The Labute approximate surface area is 188 Å². The minimum absolute atomic E-state index is 0.289. The zero-order chi connectivity index (χ0) is 22.4. The van der Waals surface area contributed by atoms with Crippen LogP contribution in [-0.4, -0.2) is 34.2 Å². The monoisotopic (exact) mass is 443 g/mol. The minimum Gasteiger partial charge on any atom is -0.494 e. The maximum Gasteiger partial charge on any atom is 0.356 e. The van der Waals surface area contributed by atoms with Crippen LogP contribution in [0.15, 0.2) is 24.3 Å². The Balaban J connectivity index is 1.96. The minimum atomic E-state index is -0.454. The van der Waals surface area contributed by atoms with Crippen LogP contribution in [0, 0.1) is 0 Å². The van der Waals surface area contributed by atoms with Crippen molar-refractivity contribution in [3.63, 3.8) is 0 Å². The van der Waals surface area contributed by atoms with Gasteiger partial charge in [0.05, 0.1) is 20.3 Å². The largest absolute Gasteiger partial charge is 0.494 e. The van der Waals surface area contributed by atoms with Crippen molar-refractivity contribution in [2.24, 2.45) is 0 Å². The summed E-state index contributed by atoms with van der Waals surface area (Å²) < 4.78 is 12.7. The number of pyridine rings is 1. The van der Waals surface area contributed by atoms with Crippen LogP contribution in [0.3, 0.4) is 0 Å². The van der Waals surface area contributed by atoms with E-state index in [2.05, 4.69) is 18.8 Å². The number of rotatable bonds is 10. The van der Waals surface area contributed by atoms with Gasteiger partial charge in [0.1, 0.15) is 17.1 Å². The summed E-state index contributed by atoms with van der Waals surface area (Å²) in [6.07, 6.45) is 4.83. The number of hydrogen-bond donors (Lipinski definition) is 0. The van der Waals surface area contributed by atoms with Gasteiger partial charge in [0.25, 0.3) is 0 Å². The van der Waals surface area contributed by atoms with Gasteiger partial charge in [0.2, 0.25) is 0 Å². The molecular weight excluding hydrogens is 414 g/mol. The zero-order valence-electron chi connectivity index (χ0n) is 18.7. The highest BCUT2D eigenvalue weighted by Gasteiger charge is 2.19. The van der Waals surface area contributed by atoms with E-state index in [9.17, 15) is 4.79 Å². The molecule has 0 bridgehead atoms. The number of fused-ring (bicyclic) bond motifs is 1. The van der Waals surface area contributed by atoms with Crippen LogP contribution in [0.1, 0.15) is 67.5 Å². The van der Waals surface area contributed by atoms with Gasteiger partial charge in [-0.25, -0.2) is 14.8 Å².